The van der Waals surface area contributed by atoms with Crippen LogP contribution in [0.1, 0.15) is 25.8 Å². The van der Waals surface area contributed by atoms with E-state index < -0.39 is 11.7 Å². The Morgan fingerprint density at radius 2 is 2.08 bits per heavy atom. The van der Waals surface area contributed by atoms with Crippen molar-refractivity contribution in [1.29, 1.82) is 0 Å². The van der Waals surface area contributed by atoms with Gasteiger partial charge in [0.15, 0.2) is 0 Å². The lowest BCUT2D eigenvalue weighted by molar-refractivity contribution is -0.137. The van der Waals surface area contributed by atoms with Crippen molar-refractivity contribution in [2.24, 2.45) is 11.1 Å². The van der Waals surface area contributed by atoms with Crippen LogP contribution in [-0.2, 0) is 11.0 Å². The molecule has 8 heteroatoms. The number of thioether (sulfide) groups is 1. The molecule has 1 unspecified atom stereocenters. The molecular weight excluding hydrogens is 361 g/mol. The van der Waals surface area contributed by atoms with E-state index in [0.29, 0.717) is 18.0 Å². The third-order valence-electron chi connectivity index (χ3n) is 4.19. The van der Waals surface area contributed by atoms with E-state index in [1.165, 1.54) is 6.07 Å². The second kappa shape index (κ2) is 7.97. The molecule has 1 aromatic rings. The third-order valence-corrected chi connectivity index (χ3v) is 5.17. The van der Waals surface area contributed by atoms with Crippen molar-refractivity contribution >= 4 is 30.1 Å². The molecule has 1 aliphatic heterocycles. The number of rotatable bonds is 3. The lowest BCUT2D eigenvalue weighted by Crippen LogP contribution is -2.54. The van der Waals surface area contributed by atoms with Gasteiger partial charge in [-0.25, -0.2) is 0 Å². The van der Waals surface area contributed by atoms with Crippen LogP contribution < -0.4 is 5.73 Å². The van der Waals surface area contributed by atoms with E-state index in [2.05, 4.69) is 0 Å². The van der Waals surface area contributed by atoms with Gasteiger partial charge in [-0.3, -0.25) is 4.79 Å². The maximum absolute atomic E-state index is 12.7. The van der Waals surface area contributed by atoms with Crippen LogP contribution in [0.15, 0.2) is 29.2 Å². The van der Waals surface area contributed by atoms with E-state index in [4.69, 9.17) is 5.73 Å². The van der Waals surface area contributed by atoms with E-state index in [1.54, 1.807) is 11.0 Å². The molecule has 24 heavy (non-hydrogen) atoms. The van der Waals surface area contributed by atoms with Crippen molar-refractivity contribution in [2.45, 2.75) is 37.4 Å². The fourth-order valence-corrected chi connectivity index (χ4v) is 3.44. The van der Waals surface area contributed by atoms with Crippen molar-refractivity contribution in [3.8, 4) is 0 Å². The SMILES string of the molecule is CC1(C)CN(C(=O)CSc2cccc(C(F)(F)F)c2)CCC1N.Cl. The molecule has 3 nitrogen and oxygen atoms in total. The first-order valence-corrected chi connectivity index (χ1v) is 8.41. The number of hydrogen-bond acceptors (Lipinski definition) is 3. The highest BCUT2D eigenvalue weighted by Gasteiger charge is 2.35. The van der Waals surface area contributed by atoms with Gasteiger partial charge in [-0.1, -0.05) is 19.9 Å². The summed E-state index contributed by atoms with van der Waals surface area (Å²) in [5.74, 6) is 0.0690. The second-order valence-corrected chi connectivity index (χ2v) is 7.56. The Morgan fingerprint density at radius 1 is 1.42 bits per heavy atom. The molecule has 1 heterocycles. The van der Waals surface area contributed by atoms with Crippen molar-refractivity contribution in [3.63, 3.8) is 0 Å². The normalized spacial score (nSPS) is 20.4. The topological polar surface area (TPSA) is 46.3 Å². The highest BCUT2D eigenvalue weighted by atomic mass is 35.5. The molecule has 1 fully saturated rings. The van der Waals surface area contributed by atoms with Gasteiger partial charge >= 0.3 is 6.18 Å². The van der Waals surface area contributed by atoms with Crippen LogP contribution in [-0.4, -0.2) is 35.7 Å². The summed E-state index contributed by atoms with van der Waals surface area (Å²) in [5.41, 5.74) is 5.21. The maximum Gasteiger partial charge on any atom is 0.416 e. The number of nitrogens with two attached hydrogens (primary N) is 1. The summed E-state index contributed by atoms with van der Waals surface area (Å²) in [6, 6.07) is 5.11. The van der Waals surface area contributed by atoms with Gasteiger partial charge in [0.05, 0.1) is 11.3 Å². The summed E-state index contributed by atoms with van der Waals surface area (Å²) in [7, 11) is 0. The van der Waals surface area contributed by atoms with Crippen LogP contribution in [0.4, 0.5) is 13.2 Å². The summed E-state index contributed by atoms with van der Waals surface area (Å²) in [6.07, 6.45) is -3.62. The molecule has 0 saturated carbocycles. The van der Waals surface area contributed by atoms with Gasteiger partial charge in [-0.15, -0.1) is 24.2 Å². The fraction of sp³-hybridized carbons (Fsp3) is 0.562. The van der Waals surface area contributed by atoms with Crippen molar-refractivity contribution in [2.75, 3.05) is 18.8 Å². The number of hydrogen-bond donors (Lipinski definition) is 1. The highest BCUT2D eigenvalue weighted by molar-refractivity contribution is 8.00. The Balaban J connectivity index is 0.00000288. The predicted molar refractivity (Wildman–Crippen MR) is 92.4 cm³/mol. The smallest absolute Gasteiger partial charge is 0.341 e. The number of likely N-dealkylation sites (tertiary alicyclic amines) is 1. The molecule has 1 amide bonds. The van der Waals surface area contributed by atoms with Crippen LogP contribution in [0, 0.1) is 5.41 Å². The predicted octanol–water partition coefficient (Wildman–Crippen LogP) is 3.81. The van der Waals surface area contributed by atoms with Gasteiger partial charge in [0.25, 0.3) is 0 Å². The van der Waals surface area contributed by atoms with E-state index in [-0.39, 0.29) is 35.5 Å². The first kappa shape index (κ1) is 21.1. The number of benzene rings is 1. The second-order valence-electron chi connectivity index (χ2n) is 6.51. The van der Waals surface area contributed by atoms with Crippen LogP contribution in [0.2, 0.25) is 0 Å². The Kier molecular flexibility index (Phi) is 7.02. The number of carbonyl (C=O) groups is 1. The van der Waals surface area contributed by atoms with Crippen LogP contribution in [0.5, 0.6) is 0 Å². The average molecular weight is 383 g/mol. The molecule has 2 rings (SSSR count). The molecule has 1 aliphatic rings. The minimum atomic E-state index is -4.37. The van der Waals surface area contributed by atoms with E-state index in [0.717, 1.165) is 30.3 Å². The Morgan fingerprint density at radius 3 is 2.67 bits per heavy atom. The first-order chi connectivity index (χ1) is 10.6. The number of amides is 1. The van der Waals surface area contributed by atoms with Gasteiger partial charge in [0.2, 0.25) is 5.91 Å². The molecule has 2 N–H and O–H groups in total. The third kappa shape index (κ3) is 5.29. The number of carbonyl (C=O) groups excluding carboxylic acids is 1. The molecule has 1 saturated heterocycles. The molecule has 0 bridgehead atoms. The molecule has 1 aromatic carbocycles. The zero-order chi connectivity index (χ0) is 17.3. The van der Waals surface area contributed by atoms with Gasteiger partial charge in [0.1, 0.15) is 0 Å². The molecule has 0 spiro atoms. The quantitative estimate of drug-likeness (QED) is 0.809. The van der Waals surface area contributed by atoms with E-state index >= 15 is 0 Å². The van der Waals surface area contributed by atoms with Gasteiger partial charge in [0, 0.05) is 24.0 Å². The number of alkyl halides is 3. The maximum atomic E-state index is 12.7. The zero-order valence-corrected chi connectivity index (χ0v) is 15.2. The average Bonchev–Trinajstić information content (AvgIpc) is 2.47. The lowest BCUT2D eigenvalue weighted by Gasteiger charge is -2.42. The first-order valence-electron chi connectivity index (χ1n) is 7.43. The highest BCUT2D eigenvalue weighted by Crippen LogP contribution is 2.32. The van der Waals surface area contributed by atoms with Gasteiger partial charge < -0.3 is 10.6 Å². The monoisotopic (exact) mass is 382 g/mol. The molecule has 0 radical (unpaired) electrons. The lowest BCUT2D eigenvalue weighted by atomic mass is 9.80. The summed E-state index contributed by atoms with van der Waals surface area (Å²) in [6.45, 7) is 5.23. The summed E-state index contributed by atoms with van der Waals surface area (Å²) < 4.78 is 38.1. The molecule has 1 atom stereocenters. The summed E-state index contributed by atoms with van der Waals surface area (Å²) >= 11 is 1.13. The van der Waals surface area contributed by atoms with E-state index in [9.17, 15) is 18.0 Å². The Hall–Kier alpha value is -0.920. The van der Waals surface area contributed by atoms with Gasteiger partial charge in [-0.05, 0) is 30.0 Å². The Bertz CT molecular complexity index is 581. The molecular formula is C16H22ClF3N2OS. The standard InChI is InChI=1S/C16H21F3N2OS.ClH/c1-15(2)10-21(7-6-13(15)20)14(22)9-23-12-5-3-4-11(8-12)16(17,18)19;/h3-5,8,13H,6-7,9-10,20H2,1-2H3;1H. The zero-order valence-electron chi connectivity index (χ0n) is 13.6. The van der Waals surface area contributed by atoms with E-state index in [1.807, 2.05) is 13.8 Å². The van der Waals surface area contributed by atoms with Crippen molar-refractivity contribution in [1.82, 2.24) is 4.90 Å². The molecule has 0 aromatic heterocycles. The molecule has 0 aliphatic carbocycles. The summed E-state index contributed by atoms with van der Waals surface area (Å²) in [5, 5.41) is 0. The summed E-state index contributed by atoms with van der Waals surface area (Å²) in [4.78, 5) is 14.5. The number of piperidine rings is 1. The number of nitrogens with zero attached hydrogens (tertiary/aromatic N) is 1. The minimum Gasteiger partial charge on any atom is -0.341 e. The van der Waals surface area contributed by atoms with Crippen LogP contribution >= 0.6 is 24.2 Å². The number of halogens is 4. The molecule has 136 valence electrons. The largest absolute Gasteiger partial charge is 0.416 e. The van der Waals surface area contributed by atoms with Crippen LogP contribution in [0.25, 0.3) is 0 Å². The minimum absolute atomic E-state index is 0. The van der Waals surface area contributed by atoms with Crippen LogP contribution in [0.3, 0.4) is 0 Å². The fourth-order valence-electron chi connectivity index (χ4n) is 2.59. The Labute approximate surface area is 150 Å². The van der Waals surface area contributed by atoms with Crippen molar-refractivity contribution in [3.05, 3.63) is 29.8 Å². The van der Waals surface area contributed by atoms with Gasteiger partial charge in [-0.2, -0.15) is 13.2 Å². The van der Waals surface area contributed by atoms with Crippen molar-refractivity contribution < 1.29 is 18.0 Å².